The quantitative estimate of drug-likeness (QED) is 0.385. The van der Waals surface area contributed by atoms with Crippen LogP contribution in [-0.2, 0) is 6.54 Å². The van der Waals surface area contributed by atoms with E-state index in [0.717, 1.165) is 44.0 Å². The molecule has 0 saturated carbocycles. The van der Waals surface area contributed by atoms with Crippen LogP contribution in [-0.4, -0.2) is 58.0 Å². The Kier molecular flexibility index (Phi) is 6.49. The third kappa shape index (κ3) is 4.76. The van der Waals surface area contributed by atoms with E-state index in [2.05, 4.69) is 47.8 Å². The average molecular weight is 494 g/mol. The molecule has 1 saturated heterocycles. The minimum absolute atomic E-state index is 0. The van der Waals surface area contributed by atoms with Crippen molar-refractivity contribution in [3.05, 3.63) is 64.6 Å². The molecule has 180 valence electrons. The van der Waals surface area contributed by atoms with Crippen LogP contribution in [0.25, 0.3) is 22.3 Å². The molecule has 4 heterocycles. The highest BCUT2D eigenvalue weighted by molar-refractivity contribution is 5.91. The molecule has 0 aliphatic carbocycles. The molecule has 0 bridgehead atoms. The normalized spacial score (nSPS) is 15.1. The maximum absolute atomic E-state index is 12.6. The number of piperazine rings is 1. The number of fused-ring (bicyclic) bond motifs is 2. The minimum Gasteiger partial charge on any atom is -0.454 e. The fourth-order valence-corrected chi connectivity index (χ4v) is 4.22. The summed E-state index contributed by atoms with van der Waals surface area (Å²) < 4.78 is 10.9. The maximum atomic E-state index is 12.6. The Morgan fingerprint density at radius 1 is 1.00 bits per heavy atom. The van der Waals surface area contributed by atoms with Gasteiger partial charge in [0.1, 0.15) is 16.7 Å². The van der Waals surface area contributed by atoms with Gasteiger partial charge in [-0.2, -0.15) is 5.10 Å². The van der Waals surface area contributed by atoms with E-state index in [9.17, 15) is 4.79 Å². The Balaban J connectivity index is 0.00000253. The molecule has 4 aromatic rings. The highest BCUT2D eigenvalue weighted by Crippen LogP contribution is 2.35. The van der Waals surface area contributed by atoms with Crippen molar-refractivity contribution < 1.29 is 9.47 Å². The SMILES string of the molecule is Cl.O=c1[nH]ncc2nc(-c3ccc4c(c3)OCO4)nc(Nc3ccc(CN4CCNCC4)cc3)c12. The van der Waals surface area contributed by atoms with Gasteiger partial charge in [-0.15, -0.1) is 12.4 Å². The molecule has 35 heavy (non-hydrogen) atoms. The summed E-state index contributed by atoms with van der Waals surface area (Å²) in [6.07, 6.45) is 1.52. The molecule has 2 aliphatic rings. The van der Waals surface area contributed by atoms with Crippen LogP contribution >= 0.6 is 12.4 Å². The molecule has 0 unspecified atom stereocenters. The van der Waals surface area contributed by atoms with E-state index in [0.29, 0.717) is 34.0 Å². The van der Waals surface area contributed by atoms with Gasteiger partial charge in [0.25, 0.3) is 5.56 Å². The summed E-state index contributed by atoms with van der Waals surface area (Å²) in [5.41, 5.74) is 2.91. The summed E-state index contributed by atoms with van der Waals surface area (Å²) in [6.45, 7) is 5.25. The lowest BCUT2D eigenvalue weighted by Gasteiger charge is -2.27. The van der Waals surface area contributed by atoms with E-state index in [4.69, 9.17) is 9.47 Å². The van der Waals surface area contributed by atoms with Gasteiger partial charge >= 0.3 is 0 Å². The van der Waals surface area contributed by atoms with E-state index < -0.39 is 0 Å². The minimum atomic E-state index is -0.354. The number of halogens is 1. The van der Waals surface area contributed by atoms with E-state index >= 15 is 0 Å². The number of rotatable bonds is 5. The smallest absolute Gasteiger partial charge is 0.277 e. The number of hydrogen-bond acceptors (Lipinski definition) is 9. The predicted octanol–water partition coefficient (Wildman–Crippen LogP) is 2.68. The van der Waals surface area contributed by atoms with Gasteiger partial charge in [0, 0.05) is 44.0 Å². The van der Waals surface area contributed by atoms with Gasteiger partial charge in [-0.05, 0) is 35.9 Å². The van der Waals surface area contributed by atoms with Gasteiger partial charge in [-0.25, -0.2) is 15.1 Å². The summed E-state index contributed by atoms with van der Waals surface area (Å²) in [4.78, 5) is 24.3. The predicted molar refractivity (Wildman–Crippen MR) is 135 cm³/mol. The lowest BCUT2D eigenvalue weighted by atomic mass is 10.1. The zero-order valence-electron chi connectivity index (χ0n) is 18.8. The third-order valence-electron chi connectivity index (χ3n) is 5.98. The molecule has 0 atom stereocenters. The van der Waals surface area contributed by atoms with Crippen LogP contribution in [0.4, 0.5) is 11.5 Å². The fourth-order valence-electron chi connectivity index (χ4n) is 4.22. The van der Waals surface area contributed by atoms with Crippen LogP contribution in [0.5, 0.6) is 11.5 Å². The van der Waals surface area contributed by atoms with E-state index in [1.54, 1.807) is 0 Å². The summed E-state index contributed by atoms with van der Waals surface area (Å²) in [7, 11) is 0. The van der Waals surface area contributed by atoms with Crippen LogP contribution < -0.4 is 25.7 Å². The van der Waals surface area contributed by atoms with Gasteiger partial charge < -0.3 is 20.1 Å². The van der Waals surface area contributed by atoms with Gasteiger partial charge in [0.05, 0.1) is 6.20 Å². The van der Waals surface area contributed by atoms with E-state index in [-0.39, 0.29) is 24.8 Å². The fraction of sp³-hybridized carbons (Fsp3) is 0.250. The third-order valence-corrected chi connectivity index (χ3v) is 5.98. The molecule has 3 N–H and O–H groups in total. The number of ether oxygens (including phenoxy) is 2. The first-order valence-electron chi connectivity index (χ1n) is 11.2. The second kappa shape index (κ2) is 9.87. The summed E-state index contributed by atoms with van der Waals surface area (Å²) in [5.74, 6) is 2.19. The summed E-state index contributed by atoms with van der Waals surface area (Å²) >= 11 is 0. The molecular weight excluding hydrogens is 470 g/mol. The Morgan fingerprint density at radius 3 is 2.63 bits per heavy atom. The first-order chi connectivity index (χ1) is 16.7. The van der Waals surface area contributed by atoms with Gasteiger partial charge in [0.15, 0.2) is 17.3 Å². The lowest BCUT2D eigenvalue weighted by Crippen LogP contribution is -2.42. The molecule has 6 rings (SSSR count). The molecule has 0 amide bonds. The maximum Gasteiger partial charge on any atom is 0.277 e. The molecule has 0 radical (unpaired) electrons. The van der Waals surface area contributed by atoms with Gasteiger partial charge in [-0.1, -0.05) is 12.1 Å². The largest absolute Gasteiger partial charge is 0.454 e. The Labute approximate surface area is 207 Å². The topological polar surface area (TPSA) is 117 Å². The number of aromatic amines is 1. The molecule has 11 heteroatoms. The zero-order chi connectivity index (χ0) is 22.9. The molecule has 2 aromatic heterocycles. The summed E-state index contributed by atoms with van der Waals surface area (Å²) in [5, 5.41) is 13.4. The highest BCUT2D eigenvalue weighted by Gasteiger charge is 2.18. The van der Waals surface area contributed by atoms with Crippen molar-refractivity contribution in [3.63, 3.8) is 0 Å². The second-order valence-corrected chi connectivity index (χ2v) is 8.27. The van der Waals surface area contributed by atoms with E-state index in [1.807, 2.05) is 30.3 Å². The second-order valence-electron chi connectivity index (χ2n) is 8.27. The Bertz CT molecular complexity index is 1400. The van der Waals surface area contributed by atoms with Crippen LogP contribution in [0.3, 0.4) is 0 Å². The molecule has 0 spiro atoms. The van der Waals surface area contributed by atoms with Crippen molar-refractivity contribution in [1.29, 1.82) is 0 Å². The number of nitrogens with zero attached hydrogens (tertiary/aromatic N) is 4. The average Bonchev–Trinajstić information content (AvgIpc) is 3.34. The number of aromatic nitrogens is 4. The van der Waals surface area contributed by atoms with Crippen LogP contribution in [0.1, 0.15) is 5.56 Å². The van der Waals surface area contributed by atoms with Crippen LogP contribution in [0.2, 0.25) is 0 Å². The van der Waals surface area contributed by atoms with Crippen molar-refractivity contribution >= 4 is 34.8 Å². The molecule has 10 nitrogen and oxygen atoms in total. The van der Waals surface area contributed by atoms with Crippen LogP contribution in [0.15, 0.2) is 53.5 Å². The number of anilines is 2. The zero-order valence-corrected chi connectivity index (χ0v) is 19.6. The van der Waals surface area contributed by atoms with E-state index in [1.165, 1.54) is 11.8 Å². The molecular formula is C24H24ClN7O3. The Hall–Kier alpha value is -3.73. The van der Waals surface area contributed by atoms with Crippen molar-refractivity contribution in [2.75, 3.05) is 38.3 Å². The number of H-pyrrole nitrogens is 1. The van der Waals surface area contributed by atoms with Crippen molar-refractivity contribution in [2.24, 2.45) is 0 Å². The standard InChI is InChI=1S/C24H23N7O3.ClH/c32-24-21-18(12-26-30-24)28-22(16-3-6-19-20(11-16)34-14-33-19)29-23(21)27-17-4-1-15(2-5-17)13-31-9-7-25-8-10-31;/h1-6,11-12,25H,7-10,13-14H2,(H,30,32)(H,27,28,29);1H. The first-order valence-corrected chi connectivity index (χ1v) is 11.2. The molecule has 2 aliphatic heterocycles. The molecule has 2 aromatic carbocycles. The number of hydrogen-bond donors (Lipinski definition) is 3. The van der Waals surface area contributed by atoms with Crippen LogP contribution in [0, 0.1) is 0 Å². The summed E-state index contributed by atoms with van der Waals surface area (Å²) in [6, 6.07) is 13.7. The number of benzene rings is 2. The first kappa shape index (κ1) is 23.0. The number of nitrogens with one attached hydrogen (secondary N) is 3. The van der Waals surface area contributed by atoms with Crippen molar-refractivity contribution in [3.8, 4) is 22.9 Å². The van der Waals surface area contributed by atoms with Gasteiger partial charge in [0.2, 0.25) is 6.79 Å². The lowest BCUT2D eigenvalue weighted by molar-refractivity contribution is 0.174. The highest BCUT2D eigenvalue weighted by atomic mass is 35.5. The van der Waals surface area contributed by atoms with Crippen molar-refractivity contribution in [2.45, 2.75) is 6.54 Å². The van der Waals surface area contributed by atoms with Crippen molar-refractivity contribution in [1.82, 2.24) is 30.4 Å². The monoisotopic (exact) mass is 493 g/mol. The Morgan fingerprint density at radius 2 is 1.80 bits per heavy atom. The molecule has 1 fully saturated rings. The van der Waals surface area contributed by atoms with Gasteiger partial charge in [-0.3, -0.25) is 9.69 Å².